The lowest BCUT2D eigenvalue weighted by Crippen LogP contribution is -2.45. The first-order chi connectivity index (χ1) is 7.92. The summed E-state index contributed by atoms with van der Waals surface area (Å²) in [5, 5.41) is 12.2. The van der Waals surface area contributed by atoms with Crippen molar-refractivity contribution in [3.05, 3.63) is 30.1 Å². The van der Waals surface area contributed by atoms with E-state index in [4.69, 9.17) is 5.26 Å². The predicted molar refractivity (Wildman–Crippen MR) is 61.7 cm³/mol. The molecule has 4 heteroatoms. The van der Waals surface area contributed by atoms with Crippen molar-refractivity contribution < 1.29 is 0 Å². The zero-order valence-electron chi connectivity index (χ0n) is 9.26. The highest BCUT2D eigenvalue weighted by molar-refractivity contribution is 5.11. The summed E-state index contributed by atoms with van der Waals surface area (Å²) in [6.45, 7) is 3.97. The summed E-state index contributed by atoms with van der Waals surface area (Å²) >= 11 is 0. The van der Waals surface area contributed by atoms with E-state index in [9.17, 15) is 0 Å². The third-order valence-corrected chi connectivity index (χ3v) is 2.91. The lowest BCUT2D eigenvalue weighted by molar-refractivity contribution is 0.172. The molecule has 0 radical (unpaired) electrons. The molecule has 1 atom stereocenters. The lowest BCUT2D eigenvalue weighted by Gasteiger charge is -2.33. The molecular weight excluding hydrogens is 200 g/mol. The normalized spacial score (nSPS) is 18.9. The van der Waals surface area contributed by atoms with E-state index < -0.39 is 0 Å². The fourth-order valence-corrected chi connectivity index (χ4v) is 2.07. The molecule has 4 nitrogen and oxygen atoms in total. The Morgan fingerprint density at radius 2 is 2.25 bits per heavy atom. The van der Waals surface area contributed by atoms with Crippen molar-refractivity contribution >= 4 is 0 Å². The second-order valence-electron chi connectivity index (χ2n) is 3.92. The molecule has 2 rings (SSSR count). The molecule has 0 spiro atoms. The molecule has 1 saturated heterocycles. The van der Waals surface area contributed by atoms with Crippen LogP contribution < -0.4 is 5.32 Å². The highest BCUT2D eigenvalue weighted by Gasteiger charge is 2.22. The van der Waals surface area contributed by atoms with Crippen LogP contribution in [0.3, 0.4) is 0 Å². The molecule has 1 aromatic rings. The number of rotatable bonds is 3. The molecule has 0 aliphatic carbocycles. The molecule has 2 heterocycles. The van der Waals surface area contributed by atoms with Crippen LogP contribution in [0.25, 0.3) is 0 Å². The van der Waals surface area contributed by atoms with Crippen LogP contribution in [-0.2, 0) is 0 Å². The van der Waals surface area contributed by atoms with Crippen LogP contribution >= 0.6 is 0 Å². The van der Waals surface area contributed by atoms with Gasteiger partial charge in [0.25, 0.3) is 0 Å². The average molecular weight is 216 g/mol. The Morgan fingerprint density at radius 3 is 2.88 bits per heavy atom. The molecule has 1 fully saturated rings. The predicted octanol–water partition coefficient (Wildman–Crippen LogP) is 0.942. The summed E-state index contributed by atoms with van der Waals surface area (Å²) in [5.41, 5.74) is 1.01. The Hall–Kier alpha value is -1.44. The van der Waals surface area contributed by atoms with Gasteiger partial charge < -0.3 is 5.32 Å². The number of piperazine rings is 1. The van der Waals surface area contributed by atoms with Gasteiger partial charge in [0.2, 0.25) is 0 Å². The molecular formula is C12H16N4. The van der Waals surface area contributed by atoms with Crippen molar-refractivity contribution in [1.82, 2.24) is 15.2 Å². The zero-order valence-corrected chi connectivity index (χ0v) is 9.26. The van der Waals surface area contributed by atoms with Gasteiger partial charge in [-0.2, -0.15) is 5.26 Å². The zero-order chi connectivity index (χ0) is 11.2. The summed E-state index contributed by atoms with van der Waals surface area (Å²) in [7, 11) is 0. The first-order valence-corrected chi connectivity index (χ1v) is 5.64. The Bertz CT molecular complexity index is 351. The van der Waals surface area contributed by atoms with E-state index in [1.54, 1.807) is 6.20 Å². The van der Waals surface area contributed by atoms with Gasteiger partial charge in [-0.15, -0.1) is 0 Å². The van der Waals surface area contributed by atoms with Gasteiger partial charge in [0.1, 0.15) is 0 Å². The lowest BCUT2D eigenvalue weighted by atomic mass is 10.1. The smallest absolute Gasteiger partial charge is 0.0652 e. The van der Waals surface area contributed by atoms with Gasteiger partial charge in [0.05, 0.1) is 24.2 Å². The fraction of sp³-hybridized carbons (Fsp3) is 0.500. The van der Waals surface area contributed by atoms with Crippen LogP contribution in [0.5, 0.6) is 0 Å². The van der Waals surface area contributed by atoms with Crippen LogP contribution in [0.15, 0.2) is 24.4 Å². The van der Waals surface area contributed by atoms with Crippen LogP contribution in [0, 0.1) is 11.3 Å². The van der Waals surface area contributed by atoms with Gasteiger partial charge in [-0.25, -0.2) is 0 Å². The van der Waals surface area contributed by atoms with E-state index in [0.29, 0.717) is 6.42 Å². The third-order valence-electron chi connectivity index (χ3n) is 2.91. The maximum absolute atomic E-state index is 8.91. The molecule has 1 N–H and O–H groups in total. The average Bonchev–Trinajstić information content (AvgIpc) is 2.38. The molecule has 0 amide bonds. The summed E-state index contributed by atoms with van der Waals surface area (Å²) < 4.78 is 0. The number of hydrogen-bond acceptors (Lipinski definition) is 4. The second-order valence-corrected chi connectivity index (χ2v) is 3.92. The van der Waals surface area contributed by atoms with Gasteiger partial charge in [-0.1, -0.05) is 6.07 Å². The number of hydrogen-bond donors (Lipinski definition) is 1. The quantitative estimate of drug-likeness (QED) is 0.817. The first-order valence-electron chi connectivity index (χ1n) is 5.64. The van der Waals surface area contributed by atoms with E-state index in [0.717, 1.165) is 31.9 Å². The molecule has 0 saturated carbocycles. The highest BCUT2D eigenvalue weighted by Crippen LogP contribution is 2.21. The van der Waals surface area contributed by atoms with Crippen molar-refractivity contribution in [3.63, 3.8) is 0 Å². The topological polar surface area (TPSA) is 52.0 Å². The minimum Gasteiger partial charge on any atom is -0.314 e. The van der Waals surface area contributed by atoms with E-state index in [1.807, 2.05) is 18.2 Å². The van der Waals surface area contributed by atoms with Crippen molar-refractivity contribution in [2.75, 3.05) is 26.2 Å². The fourth-order valence-electron chi connectivity index (χ4n) is 2.07. The minimum absolute atomic E-state index is 0.147. The highest BCUT2D eigenvalue weighted by atomic mass is 15.2. The minimum atomic E-state index is 0.147. The van der Waals surface area contributed by atoms with Crippen molar-refractivity contribution in [2.45, 2.75) is 12.5 Å². The third kappa shape index (κ3) is 2.57. The Morgan fingerprint density at radius 1 is 1.44 bits per heavy atom. The molecule has 0 unspecified atom stereocenters. The number of nitrogens with one attached hydrogen (secondary N) is 1. The van der Waals surface area contributed by atoms with Gasteiger partial charge >= 0.3 is 0 Å². The molecule has 0 bridgehead atoms. The molecule has 0 aromatic carbocycles. The summed E-state index contributed by atoms with van der Waals surface area (Å²) in [6.07, 6.45) is 2.30. The van der Waals surface area contributed by atoms with Crippen molar-refractivity contribution in [2.24, 2.45) is 0 Å². The summed E-state index contributed by atoms with van der Waals surface area (Å²) in [6, 6.07) is 8.30. The Kier molecular flexibility index (Phi) is 3.86. The van der Waals surface area contributed by atoms with Crippen LogP contribution in [0.1, 0.15) is 18.2 Å². The van der Waals surface area contributed by atoms with Crippen molar-refractivity contribution in [3.8, 4) is 6.07 Å². The van der Waals surface area contributed by atoms with Crippen LogP contribution in [-0.4, -0.2) is 36.1 Å². The number of nitriles is 1. The number of aromatic nitrogens is 1. The van der Waals surface area contributed by atoms with Crippen LogP contribution in [0.2, 0.25) is 0 Å². The second kappa shape index (κ2) is 5.59. The van der Waals surface area contributed by atoms with E-state index in [1.165, 1.54) is 0 Å². The summed E-state index contributed by atoms with van der Waals surface area (Å²) in [4.78, 5) is 6.70. The van der Waals surface area contributed by atoms with Gasteiger partial charge in [-0.3, -0.25) is 9.88 Å². The van der Waals surface area contributed by atoms with E-state index in [-0.39, 0.29) is 6.04 Å². The SMILES string of the molecule is N#CC[C@@H](c1ccccn1)N1CCNCC1. The van der Waals surface area contributed by atoms with Crippen LogP contribution in [0.4, 0.5) is 0 Å². The van der Waals surface area contributed by atoms with Gasteiger partial charge in [0.15, 0.2) is 0 Å². The molecule has 16 heavy (non-hydrogen) atoms. The standard InChI is InChI=1S/C12H16N4/c13-5-4-12(11-3-1-2-6-15-11)16-9-7-14-8-10-16/h1-3,6,12,14H,4,7-10H2/t12-/m0/s1. The van der Waals surface area contributed by atoms with E-state index in [2.05, 4.69) is 21.3 Å². The van der Waals surface area contributed by atoms with Gasteiger partial charge in [0, 0.05) is 32.4 Å². The maximum atomic E-state index is 8.91. The number of pyridine rings is 1. The molecule has 1 aliphatic heterocycles. The Labute approximate surface area is 95.9 Å². The number of nitrogens with zero attached hydrogens (tertiary/aromatic N) is 3. The molecule has 1 aliphatic rings. The van der Waals surface area contributed by atoms with Crippen molar-refractivity contribution in [1.29, 1.82) is 5.26 Å². The molecule has 84 valence electrons. The van der Waals surface area contributed by atoms with E-state index >= 15 is 0 Å². The maximum Gasteiger partial charge on any atom is 0.0652 e. The summed E-state index contributed by atoms with van der Waals surface area (Å²) in [5.74, 6) is 0. The monoisotopic (exact) mass is 216 g/mol. The van der Waals surface area contributed by atoms with Gasteiger partial charge in [-0.05, 0) is 12.1 Å². The largest absolute Gasteiger partial charge is 0.314 e. The Balaban J connectivity index is 2.13. The molecule has 1 aromatic heterocycles. The first kappa shape index (κ1) is 11.1.